The number of nitrogens with one attached hydrogen (secondary N) is 2. The molecule has 1 fully saturated rings. The van der Waals surface area contributed by atoms with E-state index in [1.807, 2.05) is 20.8 Å². The van der Waals surface area contributed by atoms with Crippen LogP contribution in [-0.4, -0.2) is 52.6 Å². The van der Waals surface area contributed by atoms with Gasteiger partial charge in [0.25, 0.3) is 0 Å². The van der Waals surface area contributed by atoms with Crippen LogP contribution in [0.4, 0.5) is 0 Å². The molecule has 0 aliphatic carbocycles. The highest BCUT2D eigenvalue weighted by molar-refractivity contribution is 5.86. The molecule has 1 rings (SSSR count). The second-order valence-corrected chi connectivity index (χ2v) is 7.93. The number of hydrogen-bond acceptors (Lipinski definition) is 6. The fourth-order valence-corrected chi connectivity index (χ4v) is 2.41. The Bertz CT molecular complexity index is 439. The van der Waals surface area contributed by atoms with Crippen LogP contribution in [0, 0.1) is 0 Å². The molecule has 7 nitrogen and oxygen atoms in total. The van der Waals surface area contributed by atoms with Gasteiger partial charge in [0.1, 0.15) is 17.9 Å². The first-order chi connectivity index (χ1) is 10.3. The summed E-state index contributed by atoms with van der Waals surface area (Å²) in [7, 11) is 0. The number of ether oxygens (including phenoxy) is 2. The van der Waals surface area contributed by atoms with Gasteiger partial charge >= 0.3 is 5.97 Å². The highest BCUT2D eigenvalue weighted by Gasteiger charge is 2.38. The number of esters is 1. The zero-order valence-corrected chi connectivity index (χ0v) is 15.1. The first-order valence-corrected chi connectivity index (χ1v) is 7.93. The van der Waals surface area contributed by atoms with Gasteiger partial charge in [-0.05, 0) is 48.5 Å². The van der Waals surface area contributed by atoms with Crippen molar-refractivity contribution in [2.75, 3.05) is 0 Å². The summed E-state index contributed by atoms with van der Waals surface area (Å²) in [6.07, 6.45) is -1.64. The van der Waals surface area contributed by atoms with Crippen molar-refractivity contribution in [3.05, 3.63) is 0 Å². The smallest absolute Gasteiger partial charge is 0.324 e. The maximum absolute atomic E-state index is 12.2. The zero-order valence-electron chi connectivity index (χ0n) is 15.1. The average Bonchev–Trinajstić information content (AvgIpc) is 2.44. The van der Waals surface area contributed by atoms with Gasteiger partial charge in [0.05, 0.1) is 24.2 Å². The third-order valence-corrected chi connectivity index (χ3v) is 3.17. The highest BCUT2D eigenvalue weighted by Crippen LogP contribution is 2.17. The van der Waals surface area contributed by atoms with E-state index in [2.05, 4.69) is 10.6 Å². The third-order valence-electron chi connectivity index (χ3n) is 3.17. The second-order valence-electron chi connectivity index (χ2n) is 7.93. The lowest BCUT2D eigenvalue weighted by molar-refractivity contribution is -0.159. The lowest BCUT2D eigenvalue weighted by atomic mass is 10.1. The number of amides is 1. The van der Waals surface area contributed by atoms with Gasteiger partial charge in [0, 0.05) is 0 Å². The van der Waals surface area contributed by atoms with Crippen LogP contribution < -0.4 is 10.6 Å². The van der Waals surface area contributed by atoms with E-state index < -0.39 is 41.6 Å². The number of carbonyl (C=O) groups is 2. The molecule has 0 radical (unpaired) electrons. The molecule has 0 aromatic carbocycles. The van der Waals surface area contributed by atoms with Crippen LogP contribution in [0.5, 0.6) is 0 Å². The van der Waals surface area contributed by atoms with E-state index in [9.17, 15) is 14.7 Å². The third kappa shape index (κ3) is 6.85. The van der Waals surface area contributed by atoms with Crippen molar-refractivity contribution < 1.29 is 24.2 Å². The molecule has 1 aliphatic rings. The van der Waals surface area contributed by atoms with Crippen LogP contribution in [0.2, 0.25) is 0 Å². The molecule has 134 valence electrons. The molecule has 3 N–H and O–H groups in total. The van der Waals surface area contributed by atoms with E-state index in [0.717, 1.165) is 0 Å². The largest absolute Gasteiger partial charge is 0.459 e. The molecule has 1 heterocycles. The first-order valence-electron chi connectivity index (χ1n) is 7.93. The normalized spacial score (nSPS) is 27.8. The van der Waals surface area contributed by atoms with Gasteiger partial charge in [-0.25, -0.2) is 0 Å². The molecule has 23 heavy (non-hydrogen) atoms. The SMILES string of the molecule is CC(OC(C)(C)C)C1NC(=O)CC(C(=O)OC(C)(C)C)NC1O. The Morgan fingerprint density at radius 1 is 1.22 bits per heavy atom. The number of rotatable bonds is 3. The van der Waals surface area contributed by atoms with Gasteiger partial charge in [-0.15, -0.1) is 0 Å². The number of hydrogen-bond donors (Lipinski definition) is 3. The van der Waals surface area contributed by atoms with Crippen LogP contribution in [0.15, 0.2) is 0 Å². The predicted molar refractivity (Wildman–Crippen MR) is 85.6 cm³/mol. The lowest BCUT2D eigenvalue weighted by Crippen LogP contribution is -2.56. The molecular formula is C16H30N2O5. The molecule has 0 aromatic rings. The van der Waals surface area contributed by atoms with E-state index in [1.165, 1.54) is 0 Å². The first kappa shape index (κ1) is 19.9. The minimum Gasteiger partial charge on any atom is -0.459 e. The molecule has 7 heteroatoms. The van der Waals surface area contributed by atoms with Crippen molar-refractivity contribution in [2.45, 2.75) is 90.5 Å². The second kappa shape index (κ2) is 7.15. The standard InChI is InChI=1S/C16H30N2O5/c1-9(22-15(2,3)4)12-13(20)17-10(8-11(19)18-12)14(21)23-16(5,6)7/h9-10,12-13,17,20H,8H2,1-7H3,(H,18,19). The van der Waals surface area contributed by atoms with Gasteiger partial charge in [0.2, 0.25) is 5.91 Å². The van der Waals surface area contributed by atoms with Crippen molar-refractivity contribution in [2.24, 2.45) is 0 Å². The van der Waals surface area contributed by atoms with Crippen LogP contribution in [-0.2, 0) is 19.1 Å². The fourth-order valence-electron chi connectivity index (χ4n) is 2.41. The van der Waals surface area contributed by atoms with Crippen LogP contribution in [0.1, 0.15) is 54.9 Å². The highest BCUT2D eigenvalue weighted by atomic mass is 16.6. The summed E-state index contributed by atoms with van der Waals surface area (Å²) in [4.78, 5) is 24.2. The summed E-state index contributed by atoms with van der Waals surface area (Å²) in [6.45, 7) is 12.7. The Kier molecular flexibility index (Phi) is 6.18. The maximum atomic E-state index is 12.2. The summed E-state index contributed by atoms with van der Waals surface area (Å²) < 4.78 is 11.1. The van der Waals surface area contributed by atoms with Gasteiger partial charge in [0.15, 0.2) is 0 Å². The fraction of sp³-hybridized carbons (Fsp3) is 0.875. The Balaban J connectivity index is 2.81. The topological polar surface area (TPSA) is 96.9 Å². The van der Waals surface area contributed by atoms with E-state index >= 15 is 0 Å². The molecule has 0 aromatic heterocycles. The lowest BCUT2D eigenvalue weighted by Gasteiger charge is -2.33. The quantitative estimate of drug-likeness (QED) is 0.659. The number of aliphatic hydroxyl groups is 1. The average molecular weight is 330 g/mol. The molecule has 4 atom stereocenters. The number of carbonyl (C=O) groups excluding carboxylic acids is 2. The molecule has 1 amide bonds. The minimum absolute atomic E-state index is 0.0925. The van der Waals surface area contributed by atoms with Gasteiger partial charge in [-0.1, -0.05) is 0 Å². The molecule has 1 aliphatic heterocycles. The molecule has 1 saturated heterocycles. The monoisotopic (exact) mass is 330 g/mol. The molecule has 0 spiro atoms. The van der Waals surface area contributed by atoms with Crippen LogP contribution >= 0.6 is 0 Å². The molecule has 4 unspecified atom stereocenters. The van der Waals surface area contributed by atoms with Crippen LogP contribution in [0.25, 0.3) is 0 Å². The van der Waals surface area contributed by atoms with Crippen molar-refractivity contribution in [3.8, 4) is 0 Å². The van der Waals surface area contributed by atoms with E-state index in [0.29, 0.717) is 0 Å². The van der Waals surface area contributed by atoms with E-state index in [4.69, 9.17) is 9.47 Å². The molecular weight excluding hydrogens is 300 g/mol. The Morgan fingerprint density at radius 2 is 1.78 bits per heavy atom. The van der Waals surface area contributed by atoms with E-state index in [-0.39, 0.29) is 12.3 Å². The van der Waals surface area contributed by atoms with E-state index in [1.54, 1.807) is 27.7 Å². The van der Waals surface area contributed by atoms with Crippen molar-refractivity contribution in [1.82, 2.24) is 10.6 Å². The van der Waals surface area contributed by atoms with Crippen molar-refractivity contribution in [3.63, 3.8) is 0 Å². The zero-order chi connectivity index (χ0) is 18.0. The predicted octanol–water partition coefficient (Wildman–Crippen LogP) is 0.697. The molecule has 0 bridgehead atoms. The summed E-state index contributed by atoms with van der Waals surface area (Å²) >= 11 is 0. The van der Waals surface area contributed by atoms with Crippen molar-refractivity contribution in [1.29, 1.82) is 0 Å². The van der Waals surface area contributed by atoms with Crippen LogP contribution in [0.3, 0.4) is 0 Å². The Labute approximate surface area is 138 Å². The summed E-state index contributed by atoms with van der Waals surface area (Å²) in [5, 5.41) is 15.8. The van der Waals surface area contributed by atoms with Crippen molar-refractivity contribution >= 4 is 11.9 Å². The Hall–Kier alpha value is -1.18. The van der Waals surface area contributed by atoms with Gasteiger partial charge < -0.3 is 19.9 Å². The van der Waals surface area contributed by atoms with Gasteiger partial charge in [-0.2, -0.15) is 0 Å². The maximum Gasteiger partial charge on any atom is 0.324 e. The number of aliphatic hydroxyl groups excluding tert-OH is 1. The van der Waals surface area contributed by atoms with Gasteiger partial charge in [-0.3, -0.25) is 14.9 Å². The summed E-state index contributed by atoms with van der Waals surface area (Å²) in [5.41, 5.74) is -1.07. The Morgan fingerprint density at radius 3 is 2.26 bits per heavy atom. The summed E-state index contributed by atoms with van der Waals surface area (Å²) in [5.74, 6) is -0.893. The summed E-state index contributed by atoms with van der Waals surface area (Å²) in [6, 6.07) is -1.55. The molecule has 0 saturated carbocycles. The minimum atomic E-state index is -1.11.